The number of rotatable bonds is 4. The lowest BCUT2D eigenvalue weighted by molar-refractivity contribution is 0.662. The Morgan fingerprint density at radius 3 is 0.973 bits per heavy atom. The van der Waals surface area contributed by atoms with Crippen LogP contribution < -0.4 is 9.80 Å². The van der Waals surface area contributed by atoms with Gasteiger partial charge in [0.05, 0.1) is 0 Å². The summed E-state index contributed by atoms with van der Waals surface area (Å²) in [5.74, 6) is 0. The molecular formula is C72H56N2. The minimum atomic E-state index is -0.240. The number of hydrogen-bond donors (Lipinski definition) is 0. The van der Waals surface area contributed by atoms with Gasteiger partial charge in [-0.15, -0.1) is 0 Å². The quantitative estimate of drug-likeness (QED) is 0.162. The van der Waals surface area contributed by atoms with Crippen molar-refractivity contribution in [1.82, 2.24) is 0 Å². The van der Waals surface area contributed by atoms with Crippen molar-refractivity contribution < 1.29 is 0 Å². The number of fused-ring (bicyclic) bond motifs is 12. The maximum absolute atomic E-state index is 2.55. The zero-order valence-corrected chi connectivity index (χ0v) is 42.5. The number of aryl methyl sites for hydroxylation is 4. The third-order valence-corrected chi connectivity index (χ3v) is 17.6. The fourth-order valence-electron chi connectivity index (χ4n) is 14.3. The van der Waals surface area contributed by atoms with E-state index in [0.717, 1.165) is 25.7 Å². The van der Waals surface area contributed by atoms with E-state index in [4.69, 9.17) is 0 Å². The molecule has 4 aliphatic rings. The highest BCUT2D eigenvalue weighted by molar-refractivity contribution is 6.24. The minimum absolute atomic E-state index is 0.240. The molecule has 0 amide bonds. The summed E-state index contributed by atoms with van der Waals surface area (Å²) in [5.41, 5.74) is 28.4. The van der Waals surface area contributed by atoms with Crippen molar-refractivity contribution in [3.8, 4) is 44.5 Å². The maximum Gasteiger partial charge on any atom is 0.0493 e. The fourth-order valence-corrected chi connectivity index (χ4v) is 14.3. The zero-order chi connectivity index (χ0) is 49.5. The van der Waals surface area contributed by atoms with E-state index in [0.29, 0.717) is 0 Å². The molecule has 2 aliphatic heterocycles. The monoisotopic (exact) mass is 948 g/mol. The number of hydrogen-bond acceptors (Lipinski definition) is 2. The molecule has 0 fully saturated rings. The number of nitrogens with zero attached hydrogens (tertiary/aromatic N) is 2. The molecule has 2 heterocycles. The second-order valence-electron chi connectivity index (χ2n) is 22.2. The van der Waals surface area contributed by atoms with E-state index in [1.54, 1.807) is 0 Å². The summed E-state index contributed by atoms with van der Waals surface area (Å²) >= 11 is 0. The third-order valence-electron chi connectivity index (χ3n) is 17.6. The number of benzene rings is 11. The molecule has 354 valence electrons. The van der Waals surface area contributed by atoms with E-state index in [1.807, 2.05) is 0 Å². The summed E-state index contributed by atoms with van der Waals surface area (Å²) in [6, 6.07) is 83.6. The molecule has 2 nitrogen and oxygen atoms in total. The maximum atomic E-state index is 2.55. The van der Waals surface area contributed by atoms with Crippen LogP contribution >= 0.6 is 0 Å². The van der Waals surface area contributed by atoms with Crippen molar-refractivity contribution in [2.45, 2.75) is 64.2 Å². The molecule has 0 N–H and O–H groups in total. The average Bonchev–Trinajstić information content (AvgIpc) is 3.63. The smallest absolute Gasteiger partial charge is 0.0493 e. The van der Waals surface area contributed by atoms with Crippen molar-refractivity contribution >= 4 is 55.7 Å². The van der Waals surface area contributed by atoms with Gasteiger partial charge in [0, 0.05) is 45.0 Å². The summed E-state index contributed by atoms with van der Waals surface area (Å²) in [6.07, 6.45) is 3.98. The van der Waals surface area contributed by atoms with Gasteiger partial charge >= 0.3 is 0 Å². The van der Waals surface area contributed by atoms with Crippen molar-refractivity contribution in [2.24, 2.45) is 0 Å². The lowest BCUT2D eigenvalue weighted by Crippen LogP contribution is -2.17. The molecule has 11 aromatic rings. The number of para-hydroxylation sites is 4. The second kappa shape index (κ2) is 16.0. The van der Waals surface area contributed by atoms with Crippen LogP contribution in [0.5, 0.6) is 0 Å². The van der Waals surface area contributed by atoms with E-state index < -0.39 is 0 Å². The molecule has 74 heavy (non-hydrogen) atoms. The predicted octanol–water partition coefficient (Wildman–Crippen LogP) is 19.1. The molecule has 0 bridgehead atoms. The molecule has 2 aliphatic carbocycles. The second-order valence-corrected chi connectivity index (χ2v) is 22.2. The summed E-state index contributed by atoms with van der Waals surface area (Å²) in [7, 11) is 0. The molecule has 0 saturated heterocycles. The van der Waals surface area contributed by atoms with Gasteiger partial charge in [0.25, 0.3) is 0 Å². The molecule has 0 radical (unpaired) electrons. The third kappa shape index (κ3) is 6.12. The van der Waals surface area contributed by atoms with Gasteiger partial charge in [0.1, 0.15) is 0 Å². The first-order valence-electron chi connectivity index (χ1n) is 26.7. The highest BCUT2D eigenvalue weighted by Gasteiger charge is 2.40. The zero-order valence-electron chi connectivity index (χ0n) is 42.5. The molecule has 2 heteroatoms. The lowest BCUT2D eigenvalue weighted by atomic mass is 9.75. The van der Waals surface area contributed by atoms with Crippen LogP contribution in [0.2, 0.25) is 0 Å². The molecule has 0 atom stereocenters. The van der Waals surface area contributed by atoms with Crippen LogP contribution in [-0.2, 0) is 36.5 Å². The van der Waals surface area contributed by atoms with Crippen LogP contribution in [0.1, 0.15) is 72.2 Å². The molecular weight excluding hydrogens is 893 g/mol. The van der Waals surface area contributed by atoms with Crippen LogP contribution in [0.3, 0.4) is 0 Å². The Morgan fingerprint density at radius 2 is 0.595 bits per heavy atom. The first-order valence-corrected chi connectivity index (χ1v) is 26.7. The normalized spacial score (nSPS) is 15.2. The Kier molecular flexibility index (Phi) is 9.34. The summed E-state index contributed by atoms with van der Waals surface area (Å²) < 4.78 is 0. The average molecular weight is 949 g/mol. The van der Waals surface area contributed by atoms with Crippen LogP contribution in [0, 0.1) is 0 Å². The van der Waals surface area contributed by atoms with Gasteiger partial charge < -0.3 is 9.80 Å². The molecule has 0 aromatic heterocycles. The highest BCUT2D eigenvalue weighted by atomic mass is 15.2. The Bertz CT molecular complexity index is 3800. The Labute approximate surface area is 434 Å². The van der Waals surface area contributed by atoms with E-state index in [9.17, 15) is 0 Å². The van der Waals surface area contributed by atoms with Gasteiger partial charge in [0.2, 0.25) is 0 Å². The largest absolute Gasteiger partial charge is 0.310 e. The summed E-state index contributed by atoms with van der Waals surface area (Å²) in [5, 5.41) is 5.03. The predicted molar refractivity (Wildman–Crippen MR) is 312 cm³/mol. The summed E-state index contributed by atoms with van der Waals surface area (Å²) in [4.78, 5) is 5.11. The van der Waals surface area contributed by atoms with E-state index in [2.05, 4.69) is 256 Å². The van der Waals surface area contributed by atoms with E-state index >= 15 is 0 Å². The van der Waals surface area contributed by atoms with Gasteiger partial charge in [-0.1, -0.05) is 198 Å². The van der Waals surface area contributed by atoms with Crippen molar-refractivity contribution in [3.63, 3.8) is 0 Å². The van der Waals surface area contributed by atoms with Crippen LogP contribution in [0.15, 0.2) is 218 Å². The fraction of sp³-hybridized carbons (Fsp3) is 0.139. The van der Waals surface area contributed by atoms with E-state index in [1.165, 1.54) is 145 Å². The van der Waals surface area contributed by atoms with Gasteiger partial charge in [-0.3, -0.25) is 0 Å². The van der Waals surface area contributed by atoms with Crippen molar-refractivity contribution in [3.05, 3.63) is 263 Å². The first kappa shape index (κ1) is 43.2. The lowest BCUT2D eigenvalue weighted by Gasteiger charge is -2.31. The Balaban J connectivity index is 1.11. The SMILES string of the molecule is CC1(C)c2ccccc2-c2cccc(-c3c4ccc(N5c6ccccc6CCc6ccccc65)cc4c(-c4cccc5c4C(C)(C)c4ccccc4-5)c4ccc(N5c6ccccc6CCc6ccccc65)cc34)c21. The molecule has 15 rings (SSSR count). The number of anilines is 6. The molecule has 0 unspecified atom stereocenters. The molecule has 11 aromatic carbocycles. The topological polar surface area (TPSA) is 6.48 Å². The van der Waals surface area contributed by atoms with Crippen LogP contribution in [0.25, 0.3) is 66.1 Å². The molecule has 0 saturated carbocycles. The van der Waals surface area contributed by atoms with Gasteiger partial charge in [-0.2, -0.15) is 0 Å². The molecule has 0 spiro atoms. The van der Waals surface area contributed by atoms with Crippen molar-refractivity contribution in [1.29, 1.82) is 0 Å². The summed E-state index contributed by atoms with van der Waals surface area (Å²) in [6.45, 7) is 9.76. The van der Waals surface area contributed by atoms with Gasteiger partial charge in [0.15, 0.2) is 0 Å². The van der Waals surface area contributed by atoms with E-state index in [-0.39, 0.29) is 10.8 Å². The van der Waals surface area contributed by atoms with Crippen molar-refractivity contribution in [2.75, 3.05) is 9.80 Å². The van der Waals surface area contributed by atoms with Crippen LogP contribution in [0.4, 0.5) is 34.1 Å². The van der Waals surface area contributed by atoms with Crippen LogP contribution in [-0.4, -0.2) is 0 Å². The van der Waals surface area contributed by atoms with Gasteiger partial charge in [-0.05, 0) is 185 Å². The highest BCUT2D eigenvalue weighted by Crippen LogP contribution is 2.59. The minimum Gasteiger partial charge on any atom is -0.310 e. The first-order chi connectivity index (χ1) is 36.3. The standard InChI is InChI=1S/C72H56N2/c1-71(2)61-29-11-9-23-51(61)55-25-17-27-57(69(55)71)67-53-41-39-50(74-65-33-15-7-21-47(65)37-38-48-22-8-16-34-66(48)74)44-60(53)68(58-28-18-26-56-52-24-10-12-30-62(52)72(3,4)70(56)58)54-42-40-49(43-59(54)67)73-63-31-13-5-19-45(63)35-36-46-20-6-14-32-64(46)73/h5-34,39-44H,35-38H2,1-4H3. The Hall–Kier alpha value is -8.46. The van der Waals surface area contributed by atoms with Gasteiger partial charge in [-0.25, -0.2) is 0 Å². The Morgan fingerprint density at radius 1 is 0.284 bits per heavy atom.